The van der Waals surface area contributed by atoms with Crippen molar-refractivity contribution in [2.24, 2.45) is 0 Å². The molecule has 94 valence electrons. The van der Waals surface area contributed by atoms with Crippen molar-refractivity contribution in [3.8, 4) is 11.6 Å². The van der Waals surface area contributed by atoms with Gasteiger partial charge in [0.15, 0.2) is 0 Å². The Balaban J connectivity index is 2.34. The van der Waals surface area contributed by atoms with Gasteiger partial charge in [0.1, 0.15) is 17.4 Å². The fourth-order valence-electron chi connectivity index (χ4n) is 1.67. The Morgan fingerprint density at radius 3 is 2.61 bits per heavy atom. The third kappa shape index (κ3) is 2.59. The number of ether oxygens (including phenoxy) is 1. The number of aromatic nitrogens is 2. The minimum absolute atomic E-state index is 0.556. The maximum Gasteiger partial charge on any atom is 0.224 e. The molecule has 0 spiro atoms. The SMILES string of the molecule is CNc1cc(Oc2cccc(C)c2C)nc(C)n1. The molecule has 0 amide bonds. The molecule has 1 aromatic carbocycles. The fourth-order valence-corrected chi connectivity index (χ4v) is 1.67. The number of aryl methyl sites for hydroxylation is 2. The summed E-state index contributed by atoms with van der Waals surface area (Å²) in [5.41, 5.74) is 2.33. The summed E-state index contributed by atoms with van der Waals surface area (Å²) in [7, 11) is 1.82. The Hall–Kier alpha value is -2.10. The molecule has 0 unspecified atom stereocenters. The van der Waals surface area contributed by atoms with Crippen molar-refractivity contribution < 1.29 is 4.74 Å². The summed E-state index contributed by atoms with van der Waals surface area (Å²) < 4.78 is 5.82. The average molecular weight is 243 g/mol. The van der Waals surface area contributed by atoms with Crippen LogP contribution < -0.4 is 10.1 Å². The zero-order chi connectivity index (χ0) is 13.1. The van der Waals surface area contributed by atoms with Gasteiger partial charge in [-0.05, 0) is 38.0 Å². The minimum Gasteiger partial charge on any atom is -0.439 e. The Labute approximate surface area is 107 Å². The van der Waals surface area contributed by atoms with E-state index in [2.05, 4.69) is 28.3 Å². The van der Waals surface area contributed by atoms with E-state index in [0.29, 0.717) is 11.7 Å². The van der Waals surface area contributed by atoms with Crippen LogP contribution in [0.5, 0.6) is 11.6 Å². The van der Waals surface area contributed by atoms with E-state index in [0.717, 1.165) is 17.1 Å². The van der Waals surface area contributed by atoms with Crippen molar-refractivity contribution in [1.29, 1.82) is 0 Å². The molecule has 0 bridgehead atoms. The summed E-state index contributed by atoms with van der Waals surface area (Å²) >= 11 is 0. The third-order valence-corrected chi connectivity index (χ3v) is 2.84. The van der Waals surface area contributed by atoms with Crippen LogP contribution >= 0.6 is 0 Å². The molecule has 0 saturated heterocycles. The van der Waals surface area contributed by atoms with Gasteiger partial charge in [-0.25, -0.2) is 4.98 Å². The summed E-state index contributed by atoms with van der Waals surface area (Å²) in [5, 5.41) is 2.99. The molecule has 0 aliphatic heterocycles. The van der Waals surface area contributed by atoms with Gasteiger partial charge < -0.3 is 10.1 Å². The lowest BCUT2D eigenvalue weighted by Crippen LogP contribution is -1.99. The molecule has 0 aliphatic carbocycles. The second-order valence-corrected chi connectivity index (χ2v) is 4.19. The first-order chi connectivity index (χ1) is 8.60. The lowest BCUT2D eigenvalue weighted by atomic mass is 10.1. The van der Waals surface area contributed by atoms with Gasteiger partial charge in [-0.15, -0.1) is 0 Å². The second kappa shape index (κ2) is 5.04. The maximum atomic E-state index is 5.82. The van der Waals surface area contributed by atoms with E-state index in [9.17, 15) is 0 Å². The zero-order valence-electron chi connectivity index (χ0n) is 11.1. The number of hydrogen-bond acceptors (Lipinski definition) is 4. The first-order valence-corrected chi connectivity index (χ1v) is 5.87. The van der Waals surface area contributed by atoms with Crippen LogP contribution in [0.15, 0.2) is 24.3 Å². The third-order valence-electron chi connectivity index (χ3n) is 2.84. The molecule has 2 aromatic rings. The predicted molar refractivity (Wildman–Crippen MR) is 72.3 cm³/mol. The molecule has 4 nitrogen and oxygen atoms in total. The molecule has 0 atom stereocenters. The predicted octanol–water partition coefficient (Wildman–Crippen LogP) is 3.24. The molecule has 0 fully saturated rings. The number of rotatable bonds is 3. The van der Waals surface area contributed by atoms with Gasteiger partial charge in [-0.3, -0.25) is 0 Å². The molecule has 0 aliphatic rings. The van der Waals surface area contributed by atoms with Gasteiger partial charge in [0.2, 0.25) is 5.88 Å². The first kappa shape index (κ1) is 12.4. The van der Waals surface area contributed by atoms with Gasteiger partial charge in [-0.2, -0.15) is 4.98 Å². The number of anilines is 1. The summed E-state index contributed by atoms with van der Waals surface area (Å²) in [6.07, 6.45) is 0. The molecule has 1 N–H and O–H groups in total. The van der Waals surface area contributed by atoms with E-state index in [1.807, 2.05) is 33.0 Å². The van der Waals surface area contributed by atoms with Crippen molar-refractivity contribution in [2.45, 2.75) is 20.8 Å². The van der Waals surface area contributed by atoms with Crippen LogP contribution in [0.4, 0.5) is 5.82 Å². The lowest BCUT2D eigenvalue weighted by Gasteiger charge is -2.11. The Morgan fingerprint density at radius 1 is 1.11 bits per heavy atom. The molecule has 1 aromatic heterocycles. The molecule has 0 saturated carbocycles. The molecule has 2 rings (SSSR count). The van der Waals surface area contributed by atoms with Gasteiger partial charge in [0.05, 0.1) is 0 Å². The largest absolute Gasteiger partial charge is 0.439 e. The van der Waals surface area contributed by atoms with E-state index in [1.54, 1.807) is 6.07 Å². The summed E-state index contributed by atoms with van der Waals surface area (Å²) in [6.45, 7) is 5.95. The fraction of sp³-hybridized carbons (Fsp3) is 0.286. The van der Waals surface area contributed by atoms with E-state index >= 15 is 0 Å². The highest BCUT2D eigenvalue weighted by atomic mass is 16.5. The number of nitrogens with zero attached hydrogens (tertiary/aromatic N) is 2. The average Bonchev–Trinajstić information content (AvgIpc) is 2.34. The summed E-state index contributed by atoms with van der Waals surface area (Å²) in [6, 6.07) is 7.77. The van der Waals surface area contributed by atoms with Gasteiger partial charge in [0, 0.05) is 13.1 Å². The number of hydrogen-bond donors (Lipinski definition) is 1. The number of nitrogens with one attached hydrogen (secondary N) is 1. The van der Waals surface area contributed by atoms with Crippen molar-refractivity contribution >= 4 is 5.82 Å². The monoisotopic (exact) mass is 243 g/mol. The van der Waals surface area contributed by atoms with Crippen LogP contribution in [0.25, 0.3) is 0 Å². The topological polar surface area (TPSA) is 47.0 Å². The first-order valence-electron chi connectivity index (χ1n) is 5.87. The van der Waals surface area contributed by atoms with Crippen LogP contribution in [0.2, 0.25) is 0 Å². The molecule has 0 radical (unpaired) electrons. The van der Waals surface area contributed by atoms with E-state index < -0.39 is 0 Å². The van der Waals surface area contributed by atoms with Crippen LogP contribution in [-0.4, -0.2) is 17.0 Å². The molecular formula is C14H17N3O. The maximum absolute atomic E-state index is 5.82. The highest BCUT2D eigenvalue weighted by Crippen LogP contribution is 2.26. The highest BCUT2D eigenvalue weighted by Gasteiger charge is 2.06. The van der Waals surface area contributed by atoms with Gasteiger partial charge >= 0.3 is 0 Å². The Morgan fingerprint density at radius 2 is 1.89 bits per heavy atom. The van der Waals surface area contributed by atoms with Crippen molar-refractivity contribution in [2.75, 3.05) is 12.4 Å². The van der Waals surface area contributed by atoms with Crippen LogP contribution in [0.3, 0.4) is 0 Å². The van der Waals surface area contributed by atoms with Gasteiger partial charge in [0.25, 0.3) is 0 Å². The quantitative estimate of drug-likeness (QED) is 0.899. The van der Waals surface area contributed by atoms with E-state index in [1.165, 1.54) is 5.56 Å². The smallest absolute Gasteiger partial charge is 0.224 e. The normalized spacial score (nSPS) is 10.2. The summed E-state index contributed by atoms with van der Waals surface area (Å²) in [4.78, 5) is 8.51. The molecule has 1 heterocycles. The van der Waals surface area contributed by atoms with Crippen LogP contribution in [0, 0.1) is 20.8 Å². The lowest BCUT2D eigenvalue weighted by molar-refractivity contribution is 0.456. The zero-order valence-corrected chi connectivity index (χ0v) is 11.1. The second-order valence-electron chi connectivity index (χ2n) is 4.19. The number of benzene rings is 1. The van der Waals surface area contributed by atoms with Crippen LogP contribution in [-0.2, 0) is 0 Å². The van der Waals surface area contributed by atoms with Crippen molar-refractivity contribution in [3.63, 3.8) is 0 Å². The Bertz CT molecular complexity index is 567. The molecule has 4 heteroatoms. The summed E-state index contributed by atoms with van der Waals surface area (Å²) in [5.74, 6) is 2.82. The van der Waals surface area contributed by atoms with Crippen molar-refractivity contribution in [3.05, 3.63) is 41.2 Å². The van der Waals surface area contributed by atoms with Gasteiger partial charge in [-0.1, -0.05) is 12.1 Å². The standard InChI is InChI=1S/C14H17N3O/c1-9-6-5-7-12(10(9)2)18-14-8-13(15-4)16-11(3)17-14/h5-8H,1-4H3,(H,15,16,17). The minimum atomic E-state index is 0.556. The molecule has 18 heavy (non-hydrogen) atoms. The Kier molecular flexibility index (Phi) is 3.46. The van der Waals surface area contributed by atoms with E-state index in [4.69, 9.17) is 4.74 Å². The van der Waals surface area contributed by atoms with Crippen LogP contribution in [0.1, 0.15) is 17.0 Å². The van der Waals surface area contributed by atoms with Crippen molar-refractivity contribution in [1.82, 2.24) is 9.97 Å². The highest BCUT2D eigenvalue weighted by molar-refractivity contribution is 5.43. The molecular weight excluding hydrogens is 226 g/mol. The van der Waals surface area contributed by atoms with E-state index in [-0.39, 0.29) is 0 Å².